The highest BCUT2D eigenvalue weighted by Crippen LogP contribution is 2.34. The molecule has 4 heteroatoms. The van der Waals surface area contributed by atoms with E-state index < -0.39 is 0 Å². The third kappa shape index (κ3) is 3.88. The molecule has 0 radical (unpaired) electrons. The van der Waals surface area contributed by atoms with Crippen molar-refractivity contribution < 1.29 is 9.53 Å². The molecule has 0 aromatic heterocycles. The van der Waals surface area contributed by atoms with E-state index in [-0.39, 0.29) is 5.97 Å². The van der Waals surface area contributed by atoms with Gasteiger partial charge in [-0.15, -0.1) is 0 Å². The quantitative estimate of drug-likeness (QED) is 0.611. The van der Waals surface area contributed by atoms with Gasteiger partial charge in [0, 0.05) is 17.4 Å². The predicted octanol–water partition coefficient (Wildman–Crippen LogP) is 3.05. The third-order valence-corrected chi connectivity index (χ3v) is 3.35. The van der Waals surface area contributed by atoms with Gasteiger partial charge >= 0.3 is 5.97 Å². The molecule has 19 heavy (non-hydrogen) atoms. The monoisotopic (exact) mass is 262 g/mol. The second-order valence-electron chi connectivity index (χ2n) is 5.25. The molecule has 1 saturated carbocycles. The smallest absolute Gasteiger partial charge is 0.340 e. The first-order chi connectivity index (χ1) is 9.10. The highest BCUT2D eigenvalue weighted by Gasteiger charge is 2.23. The van der Waals surface area contributed by atoms with E-state index in [4.69, 9.17) is 10.5 Å². The van der Waals surface area contributed by atoms with Gasteiger partial charge in [-0.2, -0.15) is 0 Å². The van der Waals surface area contributed by atoms with E-state index in [0.29, 0.717) is 23.9 Å². The summed E-state index contributed by atoms with van der Waals surface area (Å²) in [5.41, 5.74) is 7.63. The Hall–Kier alpha value is -1.71. The van der Waals surface area contributed by atoms with Crippen LogP contribution in [0, 0.1) is 5.92 Å². The Kier molecular flexibility index (Phi) is 4.30. The van der Waals surface area contributed by atoms with Gasteiger partial charge in [0.1, 0.15) is 0 Å². The number of carbonyl (C=O) groups excluding carboxylic acids is 1. The van der Waals surface area contributed by atoms with Crippen molar-refractivity contribution in [1.82, 2.24) is 0 Å². The fourth-order valence-electron chi connectivity index (χ4n) is 2.23. The van der Waals surface area contributed by atoms with Crippen molar-refractivity contribution >= 4 is 17.3 Å². The van der Waals surface area contributed by atoms with Gasteiger partial charge in [0.2, 0.25) is 0 Å². The highest BCUT2D eigenvalue weighted by molar-refractivity contribution is 5.96. The van der Waals surface area contributed by atoms with Crippen LogP contribution in [0.5, 0.6) is 0 Å². The van der Waals surface area contributed by atoms with E-state index in [1.165, 1.54) is 19.3 Å². The Morgan fingerprint density at radius 3 is 2.89 bits per heavy atom. The molecule has 1 aliphatic carbocycles. The molecular weight excluding hydrogens is 240 g/mol. The lowest BCUT2D eigenvalue weighted by molar-refractivity contribution is 0.0527. The normalized spacial score (nSPS) is 15.9. The lowest BCUT2D eigenvalue weighted by Gasteiger charge is -2.16. The number of hydrogen-bond acceptors (Lipinski definition) is 4. The number of ether oxygens (including phenoxy) is 1. The van der Waals surface area contributed by atoms with E-state index >= 15 is 0 Å². The van der Waals surface area contributed by atoms with E-state index in [1.807, 2.05) is 6.07 Å². The largest absolute Gasteiger partial charge is 0.462 e. The number of hydrogen-bond donors (Lipinski definition) is 2. The number of nitrogens with one attached hydrogen (secondary N) is 1. The predicted molar refractivity (Wildman–Crippen MR) is 77.2 cm³/mol. The number of esters is 1. The summed E-state index contributed by atoms with van der Waals surface area (Å²) in [5.74, 6) is 0.513. The Balaban J connectivity index is 2.04. The van der Waals surface area contributed by atoms with Gasteiger partial charge in [-0.1, -0.05) is 12.8 Å². The van der Waals surface area contributed by atoms with Crippen LogP contribution in [0.2, 0.25) is 0 Å². The fraction of sp³-hybridized carbons (Fsp3) is 0.533. The first-order valence-corrected chi connectivity index (χ1v) is 6.93. The van der Waals surface area contributed by atoms with Gasteiger partial charge in [-0.05, 0) is 44.4 Å². The lowest BCUT2D eigenvalue weighted by atomic mass is 10.1. The number of carbonyl (C=O) groups is 1. The van der Waals surface area contributed by atoms with Crippen LogP contribution in [0.4, 0.5) is 11.4 Å². The van der Waals surface area contributed by atoms with Gasteiger partial charge in [0.25, 0.3) is 0 Å². The van der Waals surface area contributed by atoms with Crippen LogP contribution in [-0.2, 0) is 4.74 Å². The summed E-state index contributed by atoms with van der Waals surface area (Å²) in [6.45, 7) is 4.31. The van der Waals surface area contributed by atoms with E-state index in [0.717, 1.165) is 11.6 Å². The molecular formula is C15H22N2O2. The standard InChI is InChI=1S/C15H22N2O2/c1-3-19-15(18)13-9-12(6-7-14(13)16)17-10(2)8-11-4-5-11/h6-7,9-11,17H,3-5,8,16H2,1-2H3. The molecule has 1 aromatic rings. The summed E-state index contributed by atoms with van der Waals surface area (Å²) in [7, 11) is 0. The van der Waals surface area contributed by atoms with Crippen molar-refractivity contribution in [1.29, 1.82) is 0 Å². The Bertz CT molecular complexity index is 455. The third-order valence-electron chi connectivity index (χ3n) is 3.35. The number of benzene rings is 1. The fourth-order valence-corrected chi connectivity index (χ4v) is 2.23. The molecule has 1 aromatic carbocycles. The minimum Gasteiger partial charge on any atom is -0.462 e. The highest BCUT2D eigenvalue weighted by atomic mass is 16.5. The zero-order valence-electron chi connectivity index (χ0n) is 11.6. The molecule has 104 valence electrons. The molecule has 0 heterocycles. The summed E-state index contributed by atoms with van der Waals surface area (Å²) in [6, 6.07) is 5.84. The molecule has 0 aliphatic heterocycles. The van der Waals surface area contributed by atoms with Crippen LogP contribution in [-0.4, -0.2) is 18.6 Å². The second-order valence-corrected chi connectivity index (χ2v) is 5.25. The van der Waals surface area contributed by atoms with Crippen LogP contribution in [0.25, 0.3) is 0 Å². The van der Waals surface area contributed by atoms with Crippen molar-refractivity contribution in [3.8, 4) is 0 Å². The molecule has 3 N–H and O–H groups in total. The summed E-state index contributed by atoms with van der Waals surface area (Å²) in [5, 5.41) is 3.41. The molecule has 4 nitrogen and oxygen atoms in total. The van der Waals surface area contributed by atoms with Crippen LogP contribution in [0.3, 0.4) is 0 Å². The van der Waals surface area contributed by atoms with Crippen molar-refractivity contribution in [2.24, 2.45) is 5.92 Å². The lowest BCUT2D eigenvalue weighted by Crippen LogP contribution is -2.16. The molecule has 0 spiro atoms. The maximum Gasteiger partial charge on any atom is 0.340 e. The summed E-state index contributed by atoms with van der Waals surface area (Å²) in [6.07, 6.45) is 3.88. The van der Waals surface area contributed by atoms with E-state index in [1.54, 1.807) is 19.1 Å². The number of nitrogens with two attached hydrogens (primary N) is 1. The molecule has 0 amide bonds. The maximum absolute atomic E-state index is 11.8. The van der Waals surface area contributed by atoms with Gasteiger partial charge in [-0.25, -0.2) is 4.79 Å². The molecule has 1 fully saturated rings. The van der Waals surface area contributed by atoms with Crippen molar-refractivity contribution in [3.63, 3.8) is 0 Å². The molecule has 0 bridgehead atoms. The Morgan fingerprint density at radius 2 is 2.26 bits per heavy atom. The molecule has 0 saturated heterocycles. The maximum atomic E-state index is 11.8. The average Bonchev–Trinajstić information content (AvgIpc) is 3.15. The van der Waals surface area contributed by atoms with Crippen LogP contribution < -0.4 is 11.1 Å². The summed E-state index contributed by atoms with van der Waals surface area (Å²) in [4.78, 5) is 11.8. The van der Waals surface area contributed by atoms with Crippen LogP contribution in [0.15, 0.2) is 18.2 Å². The number of rotatable bonds is 6. The van der Waals surface area contributed by atoms with Crippen molar-refractivity contribution in [3.05, 3.63) is 23.8 Å². The molecule has 1 atom stereocenters. The van der Waals surface area contributed by atoms with Crippen molar-refractivity contribution in [2.45, 2.75) is 39.2 Å². The number of nitrogen functional groups attached to an aromatic ring is 1. The molecule has 2 rings (SSSR count). The second kappa shape index (κ2) is 5.95. The molecule has 1 aliphatic rings. The first kappa shape index (κ1) is 13.7. The average molecular weight is 262 g/mol. The van der Waals surface area contributed by atoms with E-state index in [2.05, 4.69) is 12.2 Å². The number of anilines is 2. The van der Waals surface area contributed by atoms with Crippen LogP contribution in [0.1, 0.15) is 43.5 Å². The minimum atomic E-state index is -0.363. The topological polar surface area (TPSA) is 64.3 Å². The SMILES string of the molecule is CCOC(=O)c1cc(NC(C)CC2CC2)ccc1N. The zero-order valence-corrected chi connectivity index (χ0v) is 11.6. The zero-order chi connectivity index (χ0) is 13.8. The molecule has 1 unspecified atom stereocenters. The Labute approximate surface area is 114 Å². The van der Waals surface area contributed by atoms with Crippen LogP contribution >= 0.6 is 0 Å². The van der Waals surface area contributed by atoms with Gasteiger partial charge < -0.3 is 15.8 Å². The van der Waals surface area contributed by atoms with E-state index in [9.17, 15) is 4.79 Å². The summed E-state index contributed by atoms with van der Waals surface area (Å²) < 4.78 is 5.00. The van der Waals surface area contributed by atoms with Crippen molar-refractivity contribution in [2.75, 3.05) is 17.7 Å². The first-order valence-electron chi connectivity index (χ1n) is 6.93. The van der Waals surface area contributed by atoms with Gasteiger partial charge in [0.15, 0.2) is 0 Å². The van der Waals surface area contributed by atoms with Gasteiger partial charge in [-0.3, -0.25) is 0 Å². The summed E-state index contributed by atoms with van der Waals surface area (Å²) >= 11 is 0. The van der Waals surface area contributed by atoms with Gasteiger partial charge in [0.05, 0.1) is 12.2 Å². The Morgan fingerprint density at radius 1 is 1.53 bits per heavy atom. The minimum absolute atomic E-state index is 0.355.